The van der Waals surface area contributed by atoms with Gasteiger partial charge in [-0.25, -0.2) is 0 Å². The van der Waals surface area contributed by atoms with Crippen LogP contribution in [0.2, 0.25) is 0 Å². The number of phenolic OH excluding ortho intramolecular Hbond substituents is 1. The van der Waals surface area contributed by atoms with Crippen LogP contribution in [0.15, 0.2) is 34.9 Å². The highest BCUT2D eigenvalue weighted by atomic mass is 16.3. The van der Waals surface area contributed by atoms with Crippen molar-refractivity contribution in [2.75, 3.05) is 5.32 Å². The average molecular weight is 259 g/mol. The third kappa shape index (κ3) is 3.37. The molecule has 0 fully saturated rings. The standard InChI is InChI=1S/C15H17NO3/c1-10-9-14(17)11(2)8-13(10)16-15(18)6-5-12-4-3-7-19-12/h3-4,7-9,17H,5-6H2,1-2H3,(H,16,18). The highest BCUT2D eigenvalue weighted by molar-refractivity contribution is 5.91. The molecule has 0 bridgehead atoms. The molecule has 2 N–H and O–H groups in total. The monoisotopic (exact) mass is 259 g/mol. The maximum atomic E-state index is 11.8. The van der Waals surface area contributed by atoms with Crippen LogP contribution in [0, 0.1) is 13.8 Å². The Balaban J connectivity index is 1.97. The van der Waals surface area contributed by atoms with E-state index in [-0.39, 0.29) is 11.7 Å². The summed E-state index contributed by atoms with van der Waals surface area (Å²) in [7, 11) is 0. The van der Waals surface area contributed by atoms with Gasteiger partial charge in [0.2, 0.25) is 5.91 Å². The van der Waals surface area contributed by atoms with Crippen LogP contribution < -0.4 is 5.32 Å². The average Bonchev–Trinajstić information content (AvgIpc) is 2.86. The first-order valence-corrected chi connectivity index (χ1v) is 6.18. The lowest BCUT2D eigenvalue weighted by molar-refractivity contribution is -0.116. The number of amides is 1. The first kappa shape index (κ1) is 13.2. The van der Waals surface area contributed by atoms with Crippen LogP contribution in [0.1, 0.15) is 23.3 Å². The number of phenols is 1. The Morgan fingerprint density at radius 2 is 2.11 bits per heavy atom. The molecule has 1 amide bonds. The molecule has 1 heterocycles. The molecule has 4 heteroatoms. The van der Waals surface area contributed by atoms with Crippen LogP contribution in [-0.4, -0.2) is 11.0 Å². The minimum Gasteiger partial charge on any atom is -0.508 e. The molecule has 0 aliphatic heterocycles. The number of nitrogens with one attached hydrogen (secondary N) is 1. The zero-order chi connectivity index (χ0) is 13.8. The second-order valence-electron chi connectivity index (χ2n) is 4.58. The van der Waals surface area contributed by atoms with Crippen molar-refractivity contribution in [3.63, 3.8) is 0 Å². The Bertz CT molecular complexity index is 573. The van der Waals surface area contributed by atoms with Gasteiger partial charge in [-0.05, 0) is 49.2 Å². The molecular weight excluding hydrogens is 242 g/mol. The Kier molecular flexibility index (Phi) is 3.90. The van der Waals surface area contributed by atoms with Gasteiger partial charge < -0.3 is 14.8 Å². The molecule has 0 spiro atoms. The number of carbonyl (C=O) groups is 1. The molecular formula is C15H17NO3. The van der Waals surface area contributed by atoms with Gasteiger partial charge in [0.1, 0.15) is 11.5 Å². The predicted octanol–water partition coefficient (Wildman–Crippen LogP) is 3.17. The SMILES string of the molecule is Cc1cc(NC(=O)CCc2ccco2)c(C)cc1O. The molecule has 0 unspecified atom stereocenters. The lowest BCUT2D eigenvalue weighted by Gasteiger charge is -2.10. The van der Waals surface area contributed by atoms with Crippen molar-refractivity contribution in [1.29, 1.82) is 0 Å². The van der Waals surface area contributed by atoms with Crippen LogP contribution in [0.5, 0.6) is 5.75 Å². The third-order valence-corrected chi connectivity index (χ3v) is 3.00. The largest absolute Gasteiger partial charge is 0.508 e. The van der Waals surface area contributed by atoms with E-state index in [1.165, 1.54) is 0 Å². The van der Waals surface area contributed by atoms with E-state index < -0.39 is 0 Å². The zero-order valence-corrected chi connectivity index (χ0v) is 11.1. The number of hydrogen-bond donors (Lipinski definition) is 2. The summed E-state index contributed by atoms with van der Waals surface area (Å²) in [6, 6.07) is 7.08. The van der Waals surface area contributed by atoms with Crippen molar-refractivity contribution in [2.45, 2.75) is 26.7 Å². The molecule has 2 aromatic rings. The van der Waals surface area contributed by atoms with Gasteiger partial charge in [-0.1, -0.05) is 0 Å². The fraction of sp³-hybridized carbons (Fsp3) is 0.267. The van der Waals surface area contributed by atoms with E-state index in [1.54, 1.807) is 31.4 Å². The third-order valence-electron chi connectivity index (χ3n) is 3.00. The topological polar surface area (TPSA) is 62.5 Å². The molecule has 0 radical (unpaired) electrons. The highest BCUT2D eigenvalue weighted by Crippen LogP contribution is 2.25. The molecule has 19 heavy (non-hydrogen) atoms. The molecule has 4 nitrogen and oxygen atoms in total. The molecule has 0 atom stereocenters. The number of hydrogen-bond acceptors (Lipinski definition) is 3. The van der Waals surface area contributed by atoms with E-state index >= 15 is 0 Å². The summed E-state index contributed by atoms with van der Waals surface area (Å²) in [5, 5.41) is 12.4. The minimum atomic E-state index is -0.0652. The molecule has 1 aromatic carbocycles. The maximum Gasteiger partial charge on any atom is 0.224 e. The number of carbonyl (C=O) groups excluding carboxylic acids is 1. The van der Waals surface area contributed by atoms with E-state index in [1.807, 2.05) is 13.0 Å². The van der Waals surface area contributed by atoms with Gasteiger partial charge in [-0.3, -0.25) is 4.79 Å². The van der Waals surface area contributed by atoms with E-state index in [9.17, 15) is 9.90 Å². The second-order valence-corrected chi connectivity index (χ2v) is 4.58. The number of anilines is 1. The Hall–Kier alpha value is -2.23. The van der Waals surface area contributed by atoms with Gasteiger partial charge in [-0.2, -0.15) is 0 Å². The number of benzene rings is 1. The van der Waals surface area contributed by atoms with Crippen molar-refractivity contribution in [1.82, 2.24) is 0 Å². The fourth-order valence-corrected chi connectivity index (χ4v) is 1.84. The summed E-state index contributed by atoms with van der Waals surface area (Å²) in [6.45, 7) is 3.65. The van der Waals surface area contributed by atoms with Gasteiger partial charge in [0.25, 0.3) is 0 Å². The van der Waals surface area contributed by atoms with Gasteiger partial charge in [0, 0.05) is 18.5 Å². The number of rotatable bonds is 4. The van der Waals surface area contributed by atoms with Crippen molar-refractivity contribution in [2.24, 2.45) is 0 Å². The summed E-state index contributed by atoms with van der Waals surface area (Å²) >= 11 is 0. The molecule has 2 rings (SSSR count). The Labute approximate surface area is 112 Å². The Morgan fingerprint density at radius 1 is 1.32 bits per heavy atom. The molecule has 0 saturated heterocycles. The molecule has 0 saturated carbocycles. The van der Waals surface area contributed by atoms with E-state index in [0.717, 1.165) is 22.6 Å². The van der Waals surface area contributed by atoms with Crippen molar-refractivity contribution in [3.8, 4) is 5.75 Å². The van der Waals surface area contributed by atoms with Crippen molar-refractivity contribution >= 4 is 11.6 Å². The number of aromatic hydroxyl groups is 1. The van der Waals surface area contributed by atoms with Gasteiger partial charge in [0.15, 0.2) is 0 Å². The quantitative estimate of drug-likeness (QED) is 0.829. The lowest BCUT2D eigenvalue weighted by Crippen LogP contribution is -2.13. The van der Waals surface area contributed by atoms with Gasteiger partial charge in [0.05, 0.1) is 6.26 Å². The van der Waals surface area contributed by atoms with E-state index in [4.69, 9.17) is 4.42 Å². The number of aryl methyl sites for hydroxylation is 3. The first-order chi connectivity index (χ1) is 9.06. The van der Waals surface area contributed by atoms with Crippen molar-refractivity contribution in [3.05, 3.63) is 47.4 Å². The van der Waals surface area contributed by atoms with Crippen molar-refractivity contribution < 1.29 is 14.3 Å². The minimum absolute atomic E-state index is 0.0652. The second kappa shape index (κ2) is 5.61. The summed E-state index contributed by atoms with van der Waals surface area (Å²) < 4.78 is 5.18. The van der Waals surface area contributed by atoms with Gasteiger partial charge in [-0.15, -0.1) is 0 Å². The smallest absolute Gasteiger partial charge is 0.224 e. The zero-order valence-electron chi connectivity index (χ0n) is 11.1. The van der Waals surface area contributed by atoms with Crippen LogP contribution in [-0.2, 0) is 11.2 Å². The first-order valence-electron chi connectivity index (χ1n) is 6.18. The predicted molar refractivity (Wildman–Crippen MR) is 73.2 cm³/mol. The fourth-order valence-electron chi connectivity index (χ4n) is 1.84. The summed E-state index contributed by atoms with van der Waals surface area (Å²) in [4.78, 5) is 11.8. The molecule has 100 valence electrons. The number of furan rings is 1. The van der Waals surface area contributed by atoms with Crippen LogP contribution in [0.3, 0.4) is 0 Å². The summed E-state index contributed by atoms with van der Waals surface area (Å²) in [5.41, 5.74) is 2.32. The van der Waals surface area contributed by atoms with Crippen LogP contribution in [0.4, 0.5) is 5.69 Å². The lowest BCUT2D eigenvalue weighted by atomic mass is 10.1. The molecule has 1 aromatic heterocycles. The van der Waals surface area contributed by atoms with E-state index in [0.29, 0.717) is 12.8 Å². The van der Waals surface area contributed by atoms with Crippen LogP contribution >= 0.6 is 0 Å². The summed E-state index contributed by atoms with van der Waals surface area (Å²) in [6.07, 6.45) is 2.54. The normalized spacial score (nSPS) is 10.4. The maximum absolute atomic E-state index is 11.8. The Morgan fingerprint density at radius 3 is 2.79 bits per heavy atom. The molecule has 0 aliphatic carbocycles. The highest BCUT2D eigenvalue weighted by Gasteiger charge is 2.08. The van der Waals surface area contributed by atoms with Gasteiger partial charge >= 0.3 is 0 Å². The van der Waals surface area contributed by atoms with E-state index in [2.05, 4.69) is 5.32 Å². The molecule has 0 aliphatic rings. The summed E-state index contributed by atoms with van der Waals surface area (Å²) in [5.74, 6) is 0.976. The van der Waals surface area contributed by atoms with Crippen LogP contribution in [0.25, 0.3) is 0 Å².